The van der Waals surface area contributed by atoms with Gasteiger partial charge in [-0.3, -0.25) is 14.3 Å². The molecule has 7 nitrogen and oxygen atoms in total. The molecular weight excluding hydrogens is 306 g/mol. The van der Waals surface area contributed by atoms with Gasteiger partial charge < -0.3 is 15.3 Å². The third-order valence-corrected chi connectivity index (χ3v) is 6.37. The van der Waals surface area contributed by atoms with Crippen LogP contribution in [0, 0.1) is 10.1 Å². The van der Waals surface area contributed by atoms with Crippen molar-refractivity contribution in [2.24, 2.45) is 0 Å². The van der Waals surface area contributed by atoms with Crippen LogP contribution in [-0.2, 0) is 10.8 Å². The molecule has 110 valence electrons. The van der Waals surface area contributed by atoms with E-state index in [0.29, 0.717) is 4.90 Å². The zero-order chi connectivity index (χ0) is 14.9. The first-order chi connectivity index (χ1) is 9.40. The van der Waals surface area contributed by atoms with Crippen LogP contribution in [0.5, 0.6) is 0 Å². The number of thioether (sulfide) groups is 1. The van der Waals surface area contributed by atoms with Gasteiger partial charge in [0.1, 0.15) is 16.8 Å². The maximum Gasteiger partial charge on any atom is 0.269 e. The van der Waals surface area contributed by atoms with E-state index in [-0.39, 0.29) is 11.4 Å². The van der Waals surface area contributed by atoms with Crippen molar-refractivity contribution in [3.63, 3.8) is 0 Å². The van der Waals surface area contributed by atoms with Crippen LogP contribution >= 0.6 is 11.8 Å². The van der Waals surface area contributed by atoms with Crippen LogP contribution in [0.25, 0.3) is 0 Å². The fraction of sp³-hybridized carbons (Fsp3) is 0.455. The van der Waals surface area contributed by atoms with Gasteiger partial charge in [0.05, 0.1) is 16.8 Å². The molecule has 1 saturated heterocycles. The summed E-state index contributed by atoms with van der Waals surface area (Å²) in [7, 11) is -1.50. The smallest absolute Gasteiger partial charge is 0.269 e. The SMILES string of the molecule is O=[N+]([O-])c1ccc(S[C@H]2[C@@H](O)[C@H](O)[C@H](O)CS2=O)cc1. The third-order valence-electron chi connectivity index (χ3n) is 2.92. The van der Waals surface area contributed by atoms with E-state index >= 15 is 0 Å². The highest BCUT2D eigenvalue weighted by molar-refractivity contribution is 8.11. The van der Waals surface area contributed by atoms with E-state index in [1.165, 1.54) is 24.3 Å². The summed E-state index contributed by atoms with van der Waals surface area (Å²) >= 11 is 1.06. The Morgan fingerprint density at radius 1 is 1.20 bits per heavy atom. The quantitative estimate of drug-likeness (QED) is 0.523. The summed E-state index contributed by atoms with van der Waals surface area (Å²) in [6.45, 7) is 0. The molecule has 1 aromatic carbocycles. The first-order valence-corrected chi connectivity index (χ1v) is 7.99. The Bertz CT molecular complexity index is 522. The van der Waals surface area contributed by atoms with Crippen molar-refractivity contribution < 1.29 is 24.5 Å². The summed E-state index contributed by atoms with van der Waals surface area (Å²) < 4.78 is 11.1. The lowest BCUT2D eigenvalue weighted by Gasteiger charge is -2.33. The average molecular weight is 319 g/mol. The number of nitro benzene ring substituents is 1. The Morgan fingerprint density at radius 2 is 1.80 bits per heavy atom. The minimum absolute atomic E-state index is 0.0601. The van der Waals surface area contributed by atoms with Crippen LogP contribution in [-0.4, -0.2) is 53.1 Å². The van der Waals surface area contributed by atoms with Gasteiger partial charge in [-0.15, -0.1) is 11.8 Å². The number of non-ortho nitro benzene ring substituents is 1. The number of hydrogen-bond acceptors (Lipinski definition) is 7. The van der Waals surface area contributed by atoms with E-state index in [0.717, 1.165) is 11.8 Å². The van der Waals surface area contributed by atoms with Crippen LogP contribution in [0.15, 0.2) is 29.2 Å². The first kappa shape index (κ1) is 15.4. The molecule has 1 aliphatic heterocycles. The number of nitrogens with zero attached hydrogens (tertiary/aromatic N) is 1. The standard InChI is InChI=1S/C11H13NO6S2/c13-8-5-20(18)11(10(15)9(8)14)19-7-3-1-6(2-4-7)12(16)17/h1-4,8-11,13-15H,5H2/t8-,9-,10+,11-,20?/m1/s1. The van der Waals surface area contributed by atoms with E-state index < -0.39 is 38.6 Å². The topological polar surface area (TPSA) is 121 Å². The summed E-state index contributed by atoms with van der Waals surface area (Å²) in [5, 5.41) is 39.4. The number of rotatable bonds is 3. The van der Waals surface area contributed by atoms with Gasteiger partial charge in [-0.1, -0.05) is 0 Å². The molecule has 1 aliphatic rings. The molecule has 0 bridgehead atoms. The molecule has 0 spiro atoms. The minimum Gasteiger partial charge on any atom is -0.389 e. The van der Waals surface area contributed by atoms with Crippen molar-refractivity contribution in [3.05, 3.63) is 34.4 Å². The second kappa shape index (κ2) is 6.19. The van der Waals surface area contributed by atoms with Crippen LogP contribution in [0.4, 0.5) is 5.69 Å². The lowest BCUT2D eigenvalue weighted by Crippen LogP contribution is -2.52. The van der Waals surface area contributed by atoms with Gasteiger partial charge in [0.2, 0.25) is 0 Å². The number of benzene rings is 1. The zero-order valence-electron chi connectivity index (χ0n) is 10.2. The van der Waals surface area contributed by atoms with Gasteiger partial charge in [-0.05, 0) is 12.1 Å². The van der Waals surface area contributed by atoms with Gasteiger partial charge in [-0.25, -0.2) is 0 Å². The first-order valence-electron chi connectivity index (χ1n) is 5.72. The van der Waals surface area contributed by atoms with Crippen LogP contribution in [0.3, 0.4) is 0 Å². The molecule has 3 N–H and O–H groups in total. The highest BCUT2D eigenvalue weighted by Gasteiger charge is 2.41. The van der Waals surface area contributed by atoms with Crippen molar-refractivity contribution in [3.8, 4) is 0 Å². The maximum atomic E-state index is 11.9. The monoisotopic (exact) mass is 319 g/mol. The van der Waals surface area contributed by atoms with E-state index in [1.54, 1.807) is 0 Å². The normalized spacial score (nSPS) is 33.9. The van der Waals surface area contributed by atoms with Crippen LogP contribution in [0.2, 0.25) is 0 Å². The molecule has 5 atom stereocenters. The lowest BCUT2D eigenvalue weighted by atomic mass is 10.1. The molecule has 9 heteroatoms. The van der Waals surface area contributed by atoms with Crippen LogP contribution in [0.1, 0.15) is 0 Å². The molecule has 0 amide bonds. The predicted molar refractivity (Wildman–Crippen MR) is 73.8 cm³/mol. The molecule has 1 unspecified atom stereocenters. The predicted octanol–water partition coefficient (Wildman–Crippen LogP) is -0.142. The Morgan fingerprint density at radius 3 is 2.35 bits per heavy atom. The van der Waals surface area contributed by atoms with Gasteiger partial charge in [0.25, 0.3) is 5.69 Å². The lowest BCUT2D eigenvalue weighted by molar-refractivity contribution is -0.384. The number of aliphatic hydroxyl groups excluding tert-OH is 3. The van der Waals surface area contributed by atoms with Crippen molar-refractivity contribution >= 4 is 28.2 Å². The Kier molecular flexibility index (Phi) is 4.76. The maximum absolute atomic E-state index is 11.9. The van der Waals surface area contributed by atoms with Crippen molar-refractivity contribution in [2.75, 3.05) is 5.75 Å². The summed E-state index contributed by atoms with van der Waals surface area (Å²) in [4.78, 5) is 10.6. The fourth-order valence-corrected chi connectivity index (χ4v) is 4.87. The van der Waals surface area contributed by atoms with E-state index in [1.807, 2.05) is 0 Å². The van der Waals surface area contributed by atoms with E-state index in [2.05, 4.69) is 0 Å². The molecule has 0 aromatic heterocycles. The summed E-state index contributed by atoms with van der Waals surface area (Å²) in [6, 6.07) is 5.60. The molecule has 0 saturated carbocycles. The number of aliphatic hydroxyl groups is 3. The van der Waals surface area contributed by atoms with Gasteiger partial charge in [0.15, 0.2) is 0 Å². The second-order valence-corrected chi connectivity index (χ2v) is 7.45. The fourth-order valence-electron chi connectivity index (χ4n) is 1.81. The molecular formula is C11H13NO6S2. The average Bonchev–Trinajstić information content (AvgIpc) is 2.42. The summed E-state index contributed by atoms with van der Waals surface area (Å²) in [5.74, 6) is -0.108. The summed E-state index contributed by atoms with van der Waals surface area (Å²) in [5.41, 5.74) is -0.0601. The van der Waals surface area contributed by atoms with Crippen molar-refractivity contribution in [1.82, 2.24) is 0 Å². The molecule has 20 heavy (non-hydrogen) atoms. The Balaban J connectivity index is 2.12. The van der Waals surface area contributed by atoms with Crippen molar-refractivity contribution in [1.29, 1.82) is 0 Å². The van der Waals surface area contributed by atoms with Gasteiger partial charge >= 0.3 is 0 Å². The third kappa shape index (κ3) is 3.18. The molecule has 0 aliphatic carbocycles. The molecule has 0 radical (unpaired) electrons. The highest BCUT2D eigenvalue weighted by atomic mass is 32.2. The van der Waals surface area contributed by atoms with Crippen molar-refractivity contribution in [2.45, 2.75) is 27.8 Å². The summed E-state index contributed by atoms with van der Waals surface area (Å²) in [6.07, 6.45) is -3.87. The van der Waals surface area contributed by atoms with Crippen LogP contribution < -0.4 is 0 Å². The molecule has 1 heterocycles. The van der Waals surface area contributed by atoms with Gasteiger partial charge in [-0.2, -0.15) is 0 Å². The zero-order valence-corrected chi connectivity index (χ0v) is 11.8. The number of nitro groups is 1. The highest BCUT2D eigenvalue weighted by Crippen LogP contribution is 2.33. The number of hydrogen-bond donors (Lipinski definition) is 3. The molecule has 1 fully saturated rings. The van der Waals surface area contributed by atoms with E-state index in [4.69, 9.17) is 0 Å². The Hall–Kier alpha value is -1.00. The van der Waals surface area contributed by atoms with Gasteiger partial charge in [0, 0.05) is 27.8 Å². The second-order valence-electron chi connectivity index (χ2n) is 4.33. The Labute approximate surface area is 121 Å². The van der Waals surface area contributed by atoms with E-state index in [9.17, 15) is 29.6 Å². The molecule has 2 rings (SSSR count). The minimum atomic E-state index is -1.50. The molecule has 1 aromatic rings. The largest absolute Gasteiger partial charge is 0.389 e.